The first-order chi connectivity index (χ1) is 15.3. The number of fused-ring (bicyclic) bond motifs is 1. The number of furan rings is 1. The first-order valence-corrected chi connectivity index (χ1v) is 11.0. The van der Waals surface area contributed by atoms with Crippen LogP contribution in [-0.4, -0.2) is 21.4 Å². The SMILES string of the molecule is COc1ccc2c(CC(=O)Nc3ccc(S(=O)(=O)Nc4cccc(F)c4)cc3)coc2c1. The van der Waals surface area contributed by atoms with Gasteiger partial charge in [-0.15, -0.1) is 0 Å². The Bertz CT molecular complexity index is 1380. The van der Waals surface area contributed by atoms with Crippen LogP contribution in [-0.2, 0) is 21.2 Å². The third-order valence-corrected chi connectivity index (χ3v) is 6.14. The molecule has 3 aromatic carbocycles. The zero-order valence-corrected chi connectivity index (χ0v) is 17.8. The molecule has 0 aliphatic carbocycles. The Kier molecular flexibility index (Phi) is 5.83. The number of sulfonamides is 1. The van der Waals surface area contributed by atoms with Gasteiger partial charge in [0.2, 0.25) is 5.91 Å². The second-order valence-electron chi connectivity index (χ2n) is 6.99. The van der Waals surface area contributed by atoms with Gasteiger partial charge in [0.25, 0.3) is 10.0 Å². The van der Waals surface area contributed by atoms with E-state index in [0.29, 0.717) is 17.0 Å². The number of anilines is 2. The Balaban J connectivity index is 1.42. The monoisotopic (exact) mass is 454 g/mol. The number of amides is 1. The molecule has 1 aromatic heterocycles. The van der Waals surface area contributed by atoms with Crippen LogP contribution in [0.1, 0.15) is 5.56 Å². The van der Waals surface area contributed by atoms with Gasteiger partial charge in [0, 0.05) is 22.7 Å². The summed E-state index contributed by atoms with van der Waals surface area (Å²) in [6.07, 6.45) is 1.61. The number of hydrogen-bond donors (Lipinski definition) is 2. The highest BCUT2D eigenvalue weighted by atomic mass is 32.2. The van der Waals surface area contributed by atoms with Crippen molar-refractivity contribution < 1.29 is 26.8 Å². The molecule has 0 saturated heterocycles. The van der Waals surface area contributed by atoms with Crippen LogP contribution in [0.3, 0.4) is 0 Å². The maximum Gasteiger partial charge on any atom is 0.261 e. The number of hydrogen-bond acceptors (Lipinski definition) is 5. The Hall–Kier alpha value is -3.85. The summed E-state index contributed by atoms with van der Waals surface area (Å²) in [4.78, 5) is 12.4. The van der Waals surface area contributed by atoms with Gasteiger partial charge in [0.05, 0.1) is 30.4 Å². The van der Waals surface area contributed by atoms with Crippen molar-refractivity contribution in [1.82, 2.24) is 0 Å². The molecule has 0 spiro atoms. The molecule has 2 N–H and O–H groups in total. The van der Waals surface area contributed by atoms with E-state index in [-0.39, 0.29) is 22.9 Å². The zero-order chi connectivity index (χ0) is 22.7. The average molecular weight is 454 g/mol. The molecule has 4 aromatic rings. The molecule has 0 aliphatic rings. The molecule has 0 unspecified atom stereocenters. The summed E-state index contributed by atoms with van der Waals surface area (Å²) in [5.74, 6) is -0.172. The van der Waals surface area contributed by atoms with Gasteiger partial charge >= 0.3 is 0 Å². The molecule has 0 bridgehead atoms. The van der Waals surface area contributed by atoms with Gasteiger partial charge in [0.15, 0.2) is 0 Å². The molecule has 0 saturated carbocycles. The van der Waals surface area contributed by atoms with Crippen molar-refractivity contribution in [2.24, 2.45) is 0 Å². The quantitative estimate of drug-likeness (QED) is 0.427. The molecule has 0 aliphatic heterocycles. The van der Waals surface area contributed by atoms with Crippen LogP contribution in [0, 0.1) is 5.82 Å². The Morgan fingerprint density at radius 2 is 1.81 bits per heavy atom. The fraction of sp³-hybridized carbons (Fsp3) is 0.0870. The number of methoxy groups -OCH3 is 1. The minimum atomic E-state index is -3.90. The predicted octanol–water partition coefficient (Wildman–Crippen LogP) is 4.56. The summed E-state index contributed by atoms with van der Waals surface area (Å²) in [6, 6.07) is 16.2. The van der Waals surface area contributed by atoms with E-state index in [0.717, 1.165) is 17.0 Å². The number of rotatable bonds is 7. The average Bonchev–Trinajstić information content (AvgIpc) is 3.15. The van der Waals surface area contributed by atoms with Crippen molar-refractivity contribution in [3.05, 3.63) is 84.4 Å². The summed E-state index contributed by atoms with van der Waals surface area (Å²) in [5, 5.41) is 3.54. The maximum absolute atomic E-state index is 13.3. The van der Waals surface area contributed by atoms with Gasteiger partial charge in [-0.1, -0.05) is 6.07 Å². The first kappa shape index (κ1) is 21.4. The highest BCUT2D eigenvalue weighted by Crippen LogP contribution is 2.26. The molecule has 164 valence electrons. The van der Waals surface area contributed by atoms with E-state index in [1.807, 2.05) is 6.07 Å². The molecule has 1 heterocycles. The van der Waals surface area contributed by atoms with Crippen LogP contribution in [0.4, 0.5) is 15.8 Å². The Labute approximate surface area is 183 Å². The topological polar surface area (TPSA) is 97.6 Å². The lowest BCUT2D eigenvalue weighted by Crippen LogP contribution is -2.15. The van der Waals surface area contributed by atoms with E-state index < -0.39 is 15.8 Å². The van der Waals surface area contributed by atoms with Crippen LogP contribution in [0.15, 0.2) is 82.3 Å². The smallest absolute Gasteiger partial charge is 0.261 e. The van der Waals surface area contributed by atoms with Gasteiger partial charge in [-0.3, -0.25) is 9.52 Å². The fourth-order valence-electron chi connectivity index (χ4n) is 3.19. The lowest BCUT2D eigenvalue weighted by molar-refractivity contribution is -0.115. The maximum atomic E-state index is 13.3. The molecule has 0 fully saturated rings. The van der Waals surface area contributed by atoms with Gasteiger partial charge in [-0.25, -0.2) is 12.8 Å². The van der Waals surface area contributed by atoms with Crippen LogP contribution in [0.2, 0.25) is 0 Å². The van der Waals surface area contributed by atoms with Crippen molar-refractivity contribution in [1.29, 1.82) is 0 Å². The van der Waals surface area contributed by atoms with Crippen LogP contribution in [0.25, 0.3) is 11.0 Å². The highest BCUT2D eigenvalue weighted by Gasteiger charge is 2.15. The third-order valence-electron chi connectivity index (χ3n) is 4.74. The molecule has 32 heavy (non-hydrogen) atoms. The Morgan fingerprint density at radius 1 is 1.03 bits per heavy atom. The predicted molar refractivity (Wildman–Crippen MR) is 119 cm³/mol. The number of carbonyl (C=O) groups excluding carboxylic acids is 1. The summed E-state index contributed by atoms with van der Waals surface area (Å²) < 4.78 is 51.2. The van der Waals surface area contributed by atoms with Crippen molar-refractivity contribution in [3.8, 4) is 5.75 Å². The zero-order valence-electron chi connectivity index (χ0n) is 17.0. The molecular formula is C23H19FN2O5S. The number of halogens is 1. The van der Waals surface area contributed by atoms with Crippen molar-refractivity contribution in [2.45, 2.75) is 11.3 Å². The molecule has 9 heteroatoms. The van der Waals surface area contributed by atoms with Gasteiger partial charge in [-0.05, 0) is 54.6 Å². The minimum Gasteiger partial charge on any atom is -0.497 e. The molecule has 0 radical (unpaired) electrons. The van der Waals surface area contributed by atoms with E-state index in [1.54, 1.807) is 19.2 Å². The highest BCUT2D eigenvalue weighted by molar-refractivity contribution is 7.92. The first-order valence-electron chi connectivity index (χ1n) is 9.56. The van der Waals surface area contributed by atoms with Gasteiger partial charge in [0.1, 0.15) is 17.1 Å². The van der Waals surface area contributed by atoms with Crippen LogP contribution < -0.4 is 14.8 Å². The molecule has 7 nitrogen and oxygen atoms in total. The van der Waals surface area contributed by atoms with E-state index >= 15 is 0 Å². The molecule has 1 amide bonds. The van der Waals surface area contributed by atoms with Crippen molar-refractivity contribution in [2.75, 3.05) is 17.1 Å². The third kappa shape index (κ3) is 4.73. The lowest BCUT2D eigenvalue weighted by Gasteiger charge is -2.09. The van der Waals surface area contributed by atoms with Gasteiger partial charge in [-0.2, -0.15) is 0 Å². The summed E-state index contributed by atoms with van der Waals surface area (Å²) in [7, 11) is -2.34. The second-order valence-corrected chi connectivity index (χ2v) is 8.67. The molecular weight excluding hydrogens is 435 g/mol. The Morgan fingerprint density at radius 3 is 2.53 bits per heavy atom. The second kappa shape index (κ2) is 8.72. The van der Waals surface area contributed by atoms with Crippen molar-refractivity contribution >= 4 is 38.3 Å². The normalized spacial score (nSPS) is 11.3. The lowest BCUT2D eigenvalue weighted by atomic mass is 10.1. The largest absolute Gasteiger partial charge is 0.497 e. The van der Waals surface area contributed by atoms with Gasteiger partial charge < -0.3 is 14.5 Å². The number of benzene rings is 3. The van der Waals surface area contributed by atoms with Crippen LogP contribution >= 0.6 is 0 Å². The molecule has 4 rings (SSSR count). The summed E-state index contributed by atoms with van der Waals surface area (Å²) >= 11 is 0. The van der Waals surface area contributed by atoms with E-state index in [9.17, 15) is 17.6 Å². The minimum absolute atomic E-state index is 0.0189. The number of nitrogens with one attached hydrogen (secondary N) is 2. The fourth-order valence-corrected chi connectivity index (χ4v) is 4.24. The number of carbonyl (C=O) groups is 1. The summed E-state index contributed by atoms with van der Waals surface area (Å²) in [5.41, 5.74) is 1.90. The summed E-state index contributed by atoms with van der Waals surface area (Å²) in [6.45, 7) is 0. The number of ether oxygens (including phenoxy) is 1. The van der Waals surface area contributed by atoms with E-state index in [2.05, 4.69) is 10.0 Å². The van der Waals surface area contributed by atoms with E-state index in [1.165, 1.54) is 48.7 Å². The van der Waals surface area contributed by atoms with Crippen LogP contribution in [0.5, 0.6) is 5.75 Å². The van der Waals surface area contributed by atoms with Crippen molar-refractivity contribution in [3.63, 3.8) is 0 Å². The van der Waals surface area contributed by atoms with E-state index in [4.69, 9.17) is 9.15 Å². The molecule has 0 atom stereocenters. The standard InChI is InChI=1S/C23H19FN2O5S/c1-30-19-7-10-21-15(14-31-22(21)13-19)11-23(27)25-17-5-8-20(9-6-17)32(28,29)26-18-4-2-3-16(24)12-18/h2-10,12-14,26H,11H2,1H3,(H,25,27).